The fourth-order valence-electron chi connectivity index (χ4n) is 2.04. The summed E-state index contributed by atoms with van der Waals surface area (Å²) in [7, 11) is -1.90. The van der Waals surface area contributed by atoms with E-state index in [2.05, 4.69) is 53.9 Å². The van der Waals surface area contributed by atoms with Gasteiger partial charge in [0.2, 0.25) is 0 Å². The molecule has 0 rings (SSSR count). The third kappa shape index (κ3) is 3.54. The van der Waals surface area contributed by atoms with Gasteiger partial charge in [-0.3, -0.25) is 0 Å². The molecule has 0 saturated carbocycles. The highest BCUT2D eigenvalue weighted by Gasteiger charge is 2.40. The first-order valence-corrected chi connectivity index (χ1v) is 12.7. The Hall–Kier alpha value is 0.434. The molecule has 0 fully saturated rings. The molecule has 0 radical (unpaired) electrons. The quantitative estimate of drug-likeness (QED) is 0.568. The van der Waals surface area contributed by atoms with Gasteiger partial charge in [-0.25, -0.2) is 0 Å². The van der Waals surface area contributed by atoms with Crippen molar-refractivity contribution in [2.45, 2.75) is 77.1 Å². The van der Waals surface area contributed by atoms with Gasteiger partial charge < -0.3 is 0 Å². The minimum absolute atomic E-state index is 0.632. The molecule has 0 aromatic carbocycles. The zero-order chi connectivity index (χ0) is 11.6. The Morgan fingerprint density at radius 1 is 0.857 bits per heavy atom. The van der Waals surface area contributed by atoms with Crippen molar-refractivity contribution in [1.29, 1.82) is 0 Å². The van der Waals surface area contributed by atoms with E-state index in [-0.39, 0.29) is 0 Å². The predicted molar refractivity (Wildman–Crippen MR) is 74.8 cm³/mol. The highest BCUT2D eigenvalue weighted by molar-refractivity contribution is 6.84. The van der Waals surface area contributed by atoms with Crippen LogP contribution in [0.3, 0.4) is 0 Å². The van der Waals surface area contributed by atoms with Crippen LogP contribution >= 0.6 is 0 Å². The number of hydrogen-bond donors (Lipinski definition) is 0. The summed E-state index contributed by atoms with van der Waals surface area (Å²) in [5.41, 5.74) is 0. The maximum absolute atomic E-state index is 2.56. The Labute approximate surface area is 93.5 Å². The molecule has 0 N–H and O–H groups in total. The average molecular weight is 231 g/mol. The Morgan fingerprint density at radius 2 is 1.29 bits per heavy atom. The molecule has 0 unspecified atom stereocenters. The third-order valence-electron chi connectivity index (χ3n) is 4.59. The molecule has 0 aliphatic carbocycles. The first kappa shape index (κ1) is 14.4. The van der Waals surface area contributed by atoms with Crippen molar-refractivity contribution in [3.63, 3.8) is 0 Å². The van der Waals surface area contributed by atoms with E-state index in [1.165, 1.54) is 18.1 Å². The molecule has 86 valence electrons. The Bertz CT molecular complexity index is 181. The van der Waals surface area contributed by atoms with E-state index in [0.717, 1.165) is 0 Å². The second-order valence-corrected chi connectivity index (χ2v) is 18.0. The van der Waals surface area contributed by atoms with Crippen molar-refractivity contribution in [3.8, 4) is 0 Å². The van der Waals surface area contributed by atoms with E-state index in [0.29, 0.717) is 5.04 Å². The van der Waals surface area contributed by atoms with Gasteiger partial charge in [0.25, 0.3) is 0 Å². The molecule has 14 heavy (non-hydrogen) atoms. The van der Waals surface area contributed by atoms with Gasteiger partial charge in [0.1, 0.15) is 0 Å². The maximum Gasteiger partial charge on any atom is 0.0524 e. The van der Waals surface area contributed by atoms with Gasteiger partial charge in [0.05, 0.1) is 8.07 Å². The monoisotopic (exact) mass is 230 g/mol. The van der Waals surface area contributed by atoms with E-state index in [4.69, 9.17) is 0 Å². The largest absolute Gasteiger partial charge is 0.0693 e. The summed E-state index contributed by atoms with van der Waals surface area (Å²) >= 11 is 0. The molecule has 0 saturated heterocycles. The first-order chi connectivity index (χ1) is 6.08. The van der Waals surface area contributed by atoms with Gasteiger partial charge >= 0.3 is 0 Å². The van der Waals surface area contributed by atoms with Crippen LogP contribution in [0.15, 0.2) is 0 Å². The zero-order valence-electron chi connectivity index (χ0n) is 11.6. The molecule has 0 aromatic heterocycles. The summed E-state index contributed by atoms with van der Waals surface area (Å²) in [5.74, 6) is 0. The van der Waals surface area contributed by atoms with Crippen molar-refractivity contribution in [1.82, 2.24) is 0 Å². The highest BCUT2D eigenvalue weighted by Crippen LogP contribution is 2.46. The molecular weight excluding hydrogens is 200 g/mol. The minimum Gasteiger partial charge on any atom is -0.0693 e. The standard InChI is InChI=1S/C12H30Si2/c1-9-13(5,6)11-12(3,4)14(7,8)10-2/h9-11H2,1-8H3. The normalized spacial score (nSPS) is 14.6. The fraction of sp³-hybridized carbons (Fsp3) is 1.00. The van der Waals surface area contributed by atoms with Crippen molar-refractivity contribution < 1.29 is 0 Å². The lowest BCUT2D eigenvalue weighted by molar-refractivity contribution is 0.699. The summed E-state index contributed by atoms with van der Waals surface area (Å²) in [6.07, 6.45) is 0. The molecular formula is C12H30Si2. The number of hydrogen-bond acceptors (Lipinski definition) is 0. The summed E-state index contributed by atoms with van der Waals surface area (Å²) in [4.78, 5) is 0. The molecule has 0 spiro atoms. The van der Waals surface area contributed by atoms with Gasteiger partial charge in [-0.05, 0) is 5.04 Å². The second-order valence-electron chi connectivity index (χ2n) is 6.82. The molecule has 0 aromatic rings. The van der Waals surface area contributed by atoms with Crippen LogP contribution in [0.4, 0.5) is 0 Å². The maximum atomic E-state index is 2.56. The summed E-state index contributed by atoms with van der Waals surface area (Å²) < 4.78 is 0. The van der Waals surface area contributed by atoms with Crippen LogP contribution in [0.25, 0.3) is 0 Å². The van der Waals surface area contributed by atoms with E-state index < -0.39 is 16.1 Å². The van der Waals surface area contributed by atoms with Crippen molar-refractivity contribution in [2.75, 3.05) is 0 Å². The highest BCUT2D eigenvalue weighted by atomic mass is 28.3. The lowest BCUT2D eigenvalue weighted by Crippen LogP contribution is -2.43. The Kier molecular flexibility index (Phi) is 4.66. The minimum atomic E-state index is -0.996. The zero-order valence-corrected chi connectivity index (χ0v) is 13.6. The Morgan fingerprint density at radius 3 is 1.57 bits per heavy atom. The summed E-state index contributed by atoms with van der Waals surface area (Å²) in [6, 6.07) is 4.38. The van der Waals surface area contributed by atoms with Crippen molar-refractivity contribution in [3.05, 3.63) is 0 Å². The van der Waals surface area contributed by atoms with Gasteiger partial charge in [-0.15, -0.1) is 0 Å². The first-order valence-electron chi connectivity index (χ1n) is 6.08. The van der Waals surface area contributed by atoms with Gasteiger partial charge in [-0.1, -0.05) is 72.0 Å². The molecule has 0 amide bonds. The molecule has 2 heteroatoms. The predicted octanol–water partition coefficient (Wildman–Crippen LogP) is 5.22. The summed E-state index contributed by atoms with van der Waals surface area (Å²) in [6.45, 7) is 20.0. The average Bonchev–Trinajstić information content (AvgIpc) is 2.02. The summed E-state index contributed by atoms with van der Waals surface area (Å²) in [5, 5.41) is 0.632. The van der Waals surface area contributed by atoms with E-state index in [1.54, 1.807) is 0 Å². The van der Waals surface area contributed by atoms with Crippen LogP contribution in [0, 0.1) is 0 Å². The smallest absolute Gasteiger partial charge is 0.0524 e. The lowest BCUT2D eigenvalue weighted by Gasteiger charge is -2.44. The fourth-order valence-corrected chi connectivity index (χ4v) is 8.99. The van der Waals surface area contributed by atoms with Crippen LogP contribution in [0.2, 0.25) is 49.4 Å². The molecule has 0 atom stereocenters. The SMILES string of the molecule is CC[Si](C)(C)CC(C)(C)[Si](C)(C)CC. The molecule has 0 aliphatic heterocycles. The third-order valence-corrected chi connectivity index (χ3v) is 14.3. The number of rotatable bonds is 5. The van der Waals surface area contributed by atoms with Crippen LogP contribution in [0.5, 0.6) is 0 Å². The van der Waals surface area contributed by atoms with Gasteiger partial charge in [-0.2, -0.15) is 0 Å². The Balaban J connectivity index is 4.64. The lowest BCUT2D eigenvalue weighted by atomic mass is 10.2. The molecule has 0 heterocycles. The molecule has 0 bridgehead atoms. The van der Waals surface area contributed by atoms with Crippen LogP contribution in [-0.2, 0) is 0 Å². The molecule has 0 aliphatic rings. The molecule has 0 nitrogen and oxygen atoms in total. The second kappa shape index (κ2) is 4.52. The van der Waals surface area contributed by atoms with Crippen LogP contribution in [0.1, 0.15) is 27.7 Å². The van der Waals surface area contributed by atoms with Crippen LogP contribution in [-0.4, -0.2) is 16.1 Å². The topological polar surface area (TPSA) is 0 Å². The van der Waals surface area contributed by atoms with E-state index in [1.807, 2.05) is 0 Å². The van der Waals surface area contributed by atoms with Crippen molar-refractivity contribution >= 4 is 16.1 Å². The van der Waals surface area contributed by atoms with E-state index in [9.17, 15) is 0 Å². The van der Waals surface area contributed by atoms with Crippen LogP contribution < -0.4 is 0 Å². The van der Waals surface area contributed by atoms with Gasteiger partial charge in [0.15, 0.2) is 0 Å². The van der Waals surface area contributed by atoms with Gasteiger partial charge in [0, 0.05) is 8.07 Å². The van der Waals surface area contributed by atoms with Crippen molar-refractivity contribution in [2.24, 2.45) is 0 Å². The van der Waals surface area contributed by atoms with E-state index >= 15 is 0 Å².